The summed E-state index contributed by atoms with van der Waals surface area (Å²) in [6, 6.07) is 15.8. The molecule has 136 valence electrons. The number of hydrogen-bond acceptors (Lipinski definition) is 2. The van der Waals surface area contributed by atoms with Crippen LogP contribution >= 0.6 is 22.9 Å². The molecule has 0 unspecified atom stereocenters. The minimum atomic E-state index is 0.101. The number of hydrogen-bond donors (Lipinski definition) is 0. The Balaban J connectivity index is 1.79. The summed E-state index contributed by atoms with van der Waals surface area (Å²) < 4.78 is 2.18. The first kappa shape index (κ1) is 18.7. The third-order valence-electron chi connectivity index (χ3n) is 4.12. The van der Waals surface area contributed by atoms with Crippen LogP contribution in [0.3, 0.4) is 0 Å². The van der Waals surface area contributed by atoms with Gasteiger partial charge in [-0.05, 0) is 47.2 Å². The molecular weight excluding hydrogens is 364 g/mol. The van der Waals surface area contributed by atoms with Gasteiger partial charge in [0.25, 0.3) is 5.91 Å². The fourth-order valence-electron chi connectivity index (χ4n) is 2.99. The number of benzene rings is 1. The Morgan fingerprint density at radius 1 is 1.19 bits per heavy atom. The molecule has 0 N–H and O–H groups in total. The number of nitrogens with zero attached hydrogens (tertiary/aromatic N) is 2. The van der Waals surface area contributed by atoms with Crippen LogP contribution in [-0.2, 0) is 13.1 Å². The minimum absolute atomic E-state index is 0.101. The van der Waals surface area contributed by atoms with Crippen molar-refractivity contribution in [3.63, 3.8) is 0 Å². The predicted molar refractivity (Wildman–Crippen MR) is 109 cm³/mol. The van der Waals surface area contributed by atoms with Crippen LogP contribution in [-0.4, -0.2) is 21.9 Å². The number of amides is 1. The summed E-state index contributed by atoms with van der Waals surface area (Å²) in [6.45, 7) is 6.35. The average molecular weight is 387 g/mol. The zero-order valence-electron chi connectivity index (χ0n) is 15.1. The van der Waals surface area contributed by atoms with Crippen molar-refractivity contribution < 1.29 is 4.79 Å². The van der Waals surface area contributed by atoms with Crippen molar-refractivity contribution >= 4 is 28.8 Å². The quantitative estimate of drug-likeness (QED) is 0.522. The summed E-state index contributed by atoms with van der Waals surface area (Å²) in [7, 11) is 0. The highest BCUT2D eigenvalue weighted by molar-refractivity contribution is 7.12. The fraction of sp³-hybridized carbons (Fsp3) is 0.286. The number of thiophene rings is 1. The van der Waals surface area contributed by atoms with Crippen LogP contribution in [0.2, 0.25) is 5.02 Å². The average Bonchev–Trinajstić information content (AvgIpc) is 3.26. The maximum Gasteiger partial charge on any atom is 0.264 e. The lowest BCUT2D eigenvalue weighted by Gasteiger charge is -2.25. The molecule has 3 rings (SSSR count). The topological polar surface area (TPSA) is 25.2 Å². The SMILES string of the molecule is CC(C)CN(Cc1cccn1Cc1cccc(Cl)c1)C(=O)c1cccs1. The molecule has 0 saturated carbocycles. The molecule has 3 nitrogen and oxygen atoms in total. The van der Waals surface area contributed by atoms with Crippen LogP contribution in [0.1, 0.15) is 34.8 Å². The molecule has 0 fully saturated rings. The zero-order valence-corrected chi connectivity index (χ0v) is 16.6. The molecule has 0 aliphatic carbocycles. The minimum Gasteiger partial charge on any atom is -0.345 e. The van der Waals surface area contributed by atoms with Crippen LogP contribution in [0.25, 0.3) is 0 Å². The van der Waals surface area contributed by atoms with Gasteiger partial charge in [0.2, 0.25) is 0 Å². The number of halogens is 1. The molecule has 0 spiro atoms. The Labute approximate surface area is 163 Å². The van der Waals surface area contributed by atoms with Crippen molar-refractivity contribution in [1.29, 1.82) is 0 Å². The third-order valence-corrected chi connectivity index (χ3v) is 5.22. The van der Waals surface area contributed by atoms with Crippen LogP contribution in [0.4, 0.5) is 0 Å². The monoisotopic (exact) mass is 386 g/mol. The Hall–Kier alpha value is -2.04. The molecular formula is C21H23ClN2OS. The molecule has 2 aromatic heterocycles. The molecule has 0 bridgehead atoms. The van der Waals surface area contributed by atoms with E-state index in [4.69, 9.17) is 11.6 Å². The van der Waals surface area contributed by atoms with E-state index < -0.39 is 0 Å². The lowest BCUT2D eigenvalue weighted by molar-refractivity contribution is 0.0723. The van der Waals surface area contributed by atoms with Gasteiger partial charge in [0.1, 0.15) is 0 Å². The first-order valence-electron chi connectivity index (χ1n) is 8.74. The normalized spacial score (nSPS) is 11.1. The highest BCUT2D eigenvalue weighted by Gasteiger charge is 2.19. The van der Waals surface area contributed by atoms with E-state index in [9.17, 15) is 4.79 Å². The van der Waals surface area contributed by atoms with Crippen LogP contribution < -0.4 is 0 Å². The third kappa shape index (κ3) is 4.77. The molecule has 3 aromatic rings. The van der Waals surface area contributed by atoms with Crippen molar-refractivity contribution in [2.24, 2.45) is 5.92 Å². The van der Waals surface area contributed by atoms with E-state index in [1.807, 2.05) is 46.7 Å². The first-order valence-corrected chi connectivity index (χ1v) is 10.00. The molecule has 1 amide bonds. The second-order valence-electron chi connectivity index (χ2n) is 6.81. The molecule has 26 heavy (non-hydrogen) atoms. The summed E-state index contributed by atoms with van der Waals surface area (Å²) in [5.41, 5.74) is 2.27. The molecule has 0 saturated heterocycles. The Morgan fingerprint density at radius 2 is 2.04 bits per heavy atom. The summed E-state index contributed by atoms with van der Waals surface area (Å²) in [6.07, 6.45) is 2.05. The fourth-order valence-corrected chi connectivity index (χ4v) is 3.89. The van der Waals surface area contributed by atoms with Gasteiger partial charge < -0.3 is 9.47 Å². The van der Waals surface area contributed by atoms with Gasteiger partial charge in [-0.1, -0.05) is 43.6 Å². The number of aromatic nitrogens is 1. The molecule has 0 radical (unpaired) electrons. The van der Waals surface area contributed by atoms with E-state index in [-0.39, 0.29) is 5.91 Å². The van der Waals surface area contributed by atoms with Gasteiger partial charge in [-0.15, -0.1) is 11.3 Å². The maximum absolute atomic E-state index is 12.9. The molecule has 2 heterocycles. The standard InChI is InChI=1S/C21H23ClN2OS/c1-16(2)13-24(21(25)20-9-5-11-26-20)15-19-8-4-10-23(19)14-17-6-3-7-18(22)12-17/h3-12,16H,13-15H2,1-2H3. The van der Waals surface area contributed by atoms with Crippen molar-refractivity contribution in [2.45, 2.75) is 26.9 Å². The van der Waals surface area contributed by atoms with Crippen molar-refractivity contribution in [3.05, 3.63) is 81.3 Å². The van der Waals surface area contributed by atoms with Crippen molar-refractivity contribution in [3.8, 4) is 0 Å². The lowest BCUT2D eigenvalue weighted by Crippen LogP contribution is -2.34. The predicted octanol–water partition coefficient (Wildman–Crippen LogP) is 5.55. The van der Waals surface area contributed by atoms with Crippen LogP contribution in [0.5, 0.6) is 0 Å². The Kier molecular flexibility index (Phi) is 6.17. The highest BCUT2D eigenvalue weighted by Crippen LogP contribution is 2.18. The summed E-state index contributed by atoms with van der Waals surface area (Å²) >= 11 is 7.60. The van der Waals surface area contributed by atoms with Gasteiger partial charge in [-0.2, -0.15) is 0 Å². The van der Waals surface area contributed by atoms with Gasteiger partial charge in [0.15, 0.2) is 0 Å². The number of carbonyl (C=O) groups is 1. The Morgan fingerprint density at radius 3 is 2.73 bits per heavy atom. The van der Waals surface area contributed by atoms with Gasteiger partial charge in [-0.3, -0.25) is 4.79 Å². The smallest absolute Gasteiger partial charge is 0.264 e. The number of rotatable bonds is 7. The number of carbonyl (C=O) groups excluding carboxylic acids is 1. The Bertz CT molecular complexity index is 855. The van der Waals surface area contributed by atoms with E-state index in [2.05, 4.69) is 36.7 Å². The first-order chi connectivity index (χ1) is 12.5. The van der Waals surface area contributed by atoms with Gasteiger partial charge in [0, 0.05) is 30.0 Å². The van der Waals surface area contributed by atoms with E-state index in [0.717, 1.165) is 34.2 Å². The summed E-state index contributed by atoms with van der Waals surface area (Å²) in [5, 5.41) is 2.69. The second kappa shape index (κ2) is 8.56. The van der Waals surface area contributed by atoms with Crippen molar-refractivity contribution in [1.82, 2.24) is 9.47 Å². The molecule has 0 atom stereocenters. The van der Waals surface area contributed by atoms with Crippen molar-refractivity contribution in [2.75, 3.05) is 6.54 Å². The van der Waals surface area contributed by atoms with Crippen LogP contribution in [0, 0.1) is 5.92 Å². The molecule has 0 aliphatic rings. The largest absolute Gasteiger partial charge is 0.345 e. The van der Waals surface area contributed by atoms with E-state index >= 15 is 0 Å². The summed E-state index contributed by atoms with van der Waals surface area (Å²) in [5.74, 6) is 0.513. The van der Waals surface area contributed by atoms with Crippen LogP contribution in [0.15, 0.2) is 60.1 Å². The van der Waals surface area contributed by atoms with Gasteiger partial charge in [0.05, 0.1) is 11.4 Å². The van der Waals surface area contributed by atoms with E-state index in [1.54, 1.807) is 0 Å². The molecule has 0 aliphatic heterocycles. The molecule has 1 aromatic carbocycles. The highest BCUT2D eigenvalue weighted by atomic mass is 35.5. The summed E-state index contributed by atoms with van der Waals surface area (Å²) in [4.78, 5) is 15.6. The van der Waals surface area contributed by atoms with E-state index in [0.29, 0.717) is 12.5 Å². The lowest BCUT2D eigenvalue weighted by atomic mass is 10.2. The maximum atomic E-state index is 12.9. The molecule has 5 heteroatoms. The van der Waals surface area contributed by atoms with Gasteiger partial charge >= 0.3 is 0 Å². The zero-order chi connectivity index (χ0) is 18.5. The van der Waals surface area contributed by atoms with Gasteiger partial charge in [-0.25, -0.2) is 0 Å². The van der Waals surface area contributed by atoms with E-state index in [1.165, 1.54) is 11.3 Å². The second-order valence-corrected chi connectivity index (χ2v) is 8.20.